The summed E-state index contributed by atoms with van der Waals surface area (Å²) in [7, 11) is 0. The van der Waals surface area contributed by atoms with Crippen LogP contribution in [-0.4, -0.2) is 31.8 Å². The summed E-state index contributed by atoms with van der Waals surface area (Å²) in [6.45, 7) is 8.10. The van der Waals surface area contributed by atoms with E-state index in [1.54, 1.807) is 17.2 Å². The Bertz CT molecular complexity index is 556. The maximum absolute atomic E-state index is 12.2. The van der Waals surface area contributed by atoms with Crippen LogP contribution in [0.3, 0.4) is 0 Å². The van der Waals surface area contributed by atoms with Crippen LogP contribution in [0.5, 0.6) is 0 Å². The van der Waals surface area contributed by atoms with Gasteiger partial charge in [-0.05, 0) is 18.9 Å². The molecule has 0 atom stereocenters. The number of nitrogens with one attached hydrogen (secondary N) is 1. The van der Waals surface area contributed by atoms with Gasteiger partial charge >= 0.3 is 0 Å². The second-order valence-electron chi connectivity index (χ2n) is 4.98. The van der Waals surface area contributed by atoms with Crippen molar-refractivity contribution >= 4 is 5.91 Å². The largest absolute Gasteiger partial charge is 0.349 e. The number of aromatic nitrogens is 4. The second kappa shape index (κ2) is 6.36. The number of hydrogen-bond acceptors (Lipinski definition) is 3. The Morgan fingerprint density at radius 3 is 2.85 bits per heavy atom. The van der Waals surface area contributed by atoms with E-state index in [0.717, 1.165) is 5.69 Å². The topological polar surface area (TPSA) is 64.7 Å². The zero-order valence-corrected chi connectivity index (χ0v) is 12.2. The van der Waals surface area contributed by atoms with Crippen LogP contribution in [0.2, 0.25) is 0 Å². The van der Waals surface area contributed by atoms with E-state index in [1.807, 2.05) is 23.8 Å². The van der Waals surface area contributed by atoms with Gasteiger partial charge in [0.05, 0.1) is 12.0 Å². The molecular weight excluding hydrogens is 254 g/mol. The van der Waals surface area contributed by atoms with E-state index < -0.39 is 0 Å². The predicted octanol–water partition coefficient (Wildman–Crippen LogP) is 1.65. The maximum Gasteiger partial charge on any atom is 0.269 e. The summed E-state index contributed by atoms with van der Waals surface area (Å²) in [5, 5.41) is 7.36. The number of aryl methyl sites for hydroxylation is 1. The molecule has 6 heteroatoms. The fourth-order valence-electron chi connectivity index (χ4n) is 1.95. The van der Waals surface area contributed by atoms with Gasteiger partial charge in [0.2, 0.25) is 0 Å². The van der Waals surface area contributed by atoms with Crippen LogP contribution in [-0.2, 0) is 13.1 Å². The van der Waals surface area contributed by atoms with Gasteiger partial charge in [0.1, 0.15) is 5.69 Å². The van der Waals surface area contributed by atoms with Gasteiger partial charge in [-0.1, -0.05) is 13.8 Å². The van der Waals surface area contributed by atoms with E-state index in [4.69, 9.17) is 0 Å². The van der Waals surface area contributed by atoms with Crippen molar-refractivity contribution in [3.05, 3.63) is 36.2 Å². The minimum Gasteiger partial charge on any atom is -0.349 e. The molecule has 0 bridgehead atoms. The fraction of sp³-hybridized carbons (Fsp3) is 0.500. The lowest BCUT2D eigenvalue weighted by Gasteiger charge is -2.06. The van der Waals surface area contributed by atoms with Crippen molar-refractivity contribution in [2.45, 2.75) is 39.8 Å². The molecule has 0 aliphatic carbocycles. The highest BCUT2D eigenvalue weighted by atomic mass is 16.2. The first-order chi connectivity index (χ1) is 9.61. The van der Waals surface area contributed by atoms with E-state index in [9.17, 15) is 4.79 Å². The van der Waals surface area contributed by atoms with Crippen molar-refractivity contribution < 1.29 is 4.79 Å². The minimum absolute atomic E-state index is 0.0774. The molecule has 1 amide bonds. The van der Waals surface area contributed by atoms with Gasteiger partial charge in [0.15, 0.2) is 0 Å². The Kier molecular flexibility index (Phi) is 4.55. The minimum atomic E-state index is -0.0774. The van der Waals surface area contributed by atoms with Crippen molar-refractivity contribution in [2.24, 2.45) is 0 Å². The number of amides is 1. The molecule has 20 heavy (non-hydrogen) atoms. The van der Waals surface area contributed by atoms with Gasteiger partial charge in [-0.2, -0.15) is 5.10 Å². The highest BCUT2D eigenvalue weighted by Gasteiger charge is 2.15. The maximum atomic E-state index is 12.2. The first kappa shape index (κ1) is 14.3. The molecule has 0 spiro atoms. The average molecular weight is 275 g/mol. The molecule has 2 heterocycles. The third-order valence-electron chi connectivity index (χ3n) is 3.14. The number of rotatable bonds is 6. The lowest BCUT2D eigenvalue weighted by molar-refractivity contribution is 0.0941. The Morgan fingerprint density at radius 2 is 2.25 bits per heavy atom. The Hall–Kier alpha value is -2.11. The molecule has 0 aromatic carbocycles. The van der Waals surface area contributed by atoms with E-state index in [-0.39, 0.29) is 5.91 Å². The summed E-state index contributed by atoms with van der Waals surface area (Å²) in [5.41, 5.74) is 1.58. The number of nitrogens with zero attached hydrogens (tertiary/aromatic N) is 4. The molecule has 6 nitrogen and oxygen atoms in total. The highest BCUT2D eigenvalue weighted by Crippen LogP contribution is 2.14. The van der Waals surface area contributed by atoms with Gasteiger partial charge in [0.25, 0.3) is 5.91 Å². The first-order valence-electron chi connectivity index (χ1n) is 6.93. The van der Waals surface area contributed by atoms with Gasteiger partial charge in [-0.3, -0.25) is 9.48 Å². The smallest absolute Gasteiger partial charge is 0.269 e. The molecule has 0 aliphatic heterocycles. The number of carbonyl (C=O) groups is 1. The number of hydrogen-bond donors (Lipinski definition) is 1. The van der Waals surface area contributed by atoms with Crippen molar-refractivity contribution in [3.63, 3.8) is 0 Å². The highest BCUT2D eigenvalue weighted by molar-refractivity contribution is 5.92. The van der Waals surface area contributed by atoms with Gasteiger partial charge in [-0.25, -0.2) is 4.98 Å². The summed E-state index contributed by atoms with van der Waals surface area (Å²) < 4.78 is 3.68. The van der Waals surface area contributed by atoms with Crippen LogP contribution >= 0.6 is 0 Å². The normalized spacial score (nSPS) is 11.0. The second-order valence-corrected chi connectivity index (χ2v) is 4.98. The number of imidazole rings is 1. The van der Waals surface area contributed by atoms with Crippen LogP contribution in [0.25, 0.3) is 0 Å². The van der Waals surface area contributed by atoms with Gasteiger partial charge < -0.3 is 9.88 Å². The van der Waals surface area contributed by atoms with Crippen LogP contribution in [0.1, 0.15) is 42.9 Å². The third kappa shape index (κ3) is 3.26. The van der Waals surface area contributed by atoms with Crippen LogP contribution < -0.4 is 5.32 Å². The Labute approximate surface area is 118 Å². The summed E-state index contributed by atoms with van der Waals surface area (Å²) in [5.74, 6) is 0.242. The van der Waals surface area contributed by atoms with E-state index in [0.29, 0.717) is 31.2 Å². The quantitative estimate of drug-likeness (QED) is 0.872. The van der Waals surface area contributed by atoms with Crippen LogP contribution in [0.15, 0.2) is 24.8 Å². The van der Waals surface area contributed by atoms with Gasteiger partial charge in [0, 0.05) is 32.0 Å². The average Bonchev–Trinajstić information content (AvgIpc) is 3.07. The molecule has 0 aliphatic rings. The Balaban J connectivity index is 1.97. The standard InChI is InChI=1S/C14H21N5O/c1-4-19-13(9-12(17-19)11(2)3)14(20)16-6-8-18-7-5-15-10-18/h5,7,9-11H,4,6,8H2,1-3H3,(H,16,20). The van der Waals surface area contributed by atoms with Crippen molar-refractivity contribution in [1.82, 2.24) is 24.6 Å². The SMILES string of the molecule is CCn1nc(C(C)C)cc1C(=O)NCCn1ccnc1. The summed E-state index contributed by atoms with van der Waals surface area (Å²) in [4.78, 5) is 16.2. The van der Waals surface area contributed by atoms with Crippen molar-refractivity contribution in [1.29, 1.82) is 0 Å². The molecule has 2 aromatic rings. The predicted molar refractivity (Wildman–Crippen MR) is 76.6 cm³/mol. The molecule has 0 unspecified atom stereocenters. The summed E-state index contributed by atoms with van der Waals surface area (Å²) >= 11 is 0. The molecule has 0 radical (unpaired) electrons. The van der Waals surface area contributed by atoms with E-state index in [1.165, 1.54) is 0 Å². The number of carbonyl (C=O) groups excluding carboxylic acids is 1. The molecule has 0 fully saturated rings. The fourth-order valence-corrected chi connectivity index (χ4v) is 1.95. The van der Waals surface area contributed by atoms with Crippen LogP contribution in [0.4, 0.5) is 0 Å². The molecular formula is C14H21N5O. The van der Waals surface area contributed by atoms with Crippen LogP contribution in [0, 0.1) is 0 Å². The Morgan fingerprint density at radius 1 is 1.45 bits per heavy atom. The van der Waals surface area contributed by atoms with E-state index >= 15 is 0 Å². The first-order valence-corrected chi connectivity index (χ1v) is 6.93. The molecule has 108 valence electrons. The lowest BCUT2D eigenvalue weighted by atomic mass is 10.1. The summed E-state index contributed by atoms with van der Waals surface area (Å²) in [6.07, 6.45) is 5.33. The molecule has 2 rings (SSSR count). The zero-order chi connectivity index (χ0) is 14.5. The molecule has 0 saturated heterocycles. The lowest BCUT2D eigenvalue weighted by Crippen LogP contribution is -2.29. The van der Waals surface area contributed by atoms with Crippen molar-refractivity contribution in [3.8, 4) is 0 Å². The van der Waals surface area contributed by atoms with Crippen molar-refractivity contribution in [2.75, 3.05) is 6.54 Å². The molecule has 1 N–H and O–H groups in total. The molecule has 0 saturated carbocycles. The monoisotopic (exact) mass is 275 g/mol. The zero-order valence-electron chi connectivity index (χ0n) is 12.2. The molecule has 2 aromatic heterocycles. The van der Waals surface area contributed by atoms with E-state index in [2.05, 4.69) is 29.2 Å². The summed E-state index contributed by atoms with van der Waals surface area (Å²) in [6, 6.07) is 1.88. The third-order valence-corrected chi connectivity index (χ3v) is 3.14. The van der Waals surface area contributed by atoms with Gasteiger partial charge in [-0.15, -0.1) is 0 Å².